The second-order valence-electron chi connectivity index (χ2n) is 3.75. The van der Waals surface area contributed by atoms with E-state index in [-0.39, 0.29) is 5.38 Å². The fourth-order valence-corrected chi connectivity index (χ4v) is 2.52. The van der Waals surface area contributed by atoms with Crippen molar-refractivity contribution >= 4 is 33.3 Å². The molecule has 0 aliphatic rings. The average molecular weight is 308 g/mol. The van der Waals surface area contributed by atoms with E-state index >= 15 is 0 Å². The molecule has 0 saturated heterocycles. The van der Waals surface area contributed by atoms with Gasteiger partial charge in [0, 0.05) is 26.9 Å². The predicted octanol–water partition coefficient (Wildman–Crippen LogP) is 2.84. The Labute approximate surface area is 110 Å². The van der Waals surface area contributed by atoms with Crippen LogP contribution in [-0.4, -0.2) is 37.7 Å². The third-order valence-electron chi connectivity index (χ3n) is 2.14. The second-order valence-corrected chi connectivity index (χ2v) is 5.22. The molecule has 1 aromatic heterocycles. The van der Waals surface area contributed by atoms with Crippen molar-refractivity contribution in [2.24, 2.45) is 0 Å². The normalized spacial score (nSPS) is 12.6. The Morgan fingerprint density at radius 1 is 1.62 bits per heavy atom. The fourth-order valence-electron chi connectivity index (χ4n) is 1.42. The first-order chi connectivity index (χ1) is 7.54. The summed E-state index contributed by atoms with van der Waals surface area (Å²) in [6.07, 6.45) is 1.84. The molecule has 5 heteroatoms. The van der Waals surface area contributed by atoms with Gasteiger partial charge >= 0.3 is 0 Å². The molecular formula is C11H16BrClN2O. The highest BCUT2D eigenvalue weighted by Gasteiger charge is 2.12. The quantitative estimate of drug-likeness (QED) is 0.782. The molecule has 1 unspecified atom stereocenters. The molecular weight excluding hydrogens is 291 g/mol. The summed E-state index contributed by atoms with van der Waals surface area (Å²) in [7, 11) is 3.61. The van der Waals surface area contributed by atoms with Crippen molar-refractivity contribution in [1.29, 1.82) is 0 Å². The van der Waals surface area contributed by atoms with Gasteiger partial charge in [0.2, 0.25) is 0 Å². The van der Waals surface area contributed by atoms with Gasteiger partial charge in [0.25, 0.3) is 0 Å². The number of hydrogen-bond donors (Lipinski definition) is 0. The lowest BCUT2D eigenvalue weighted by Gasteiger charge is -2.22. The maximum atomic E-state index is 6.10. The summed E-state index contributed by atoms with van der Waals surface area (Å²) in [4.78, 5) is 6.38. The van der Waals surface area contributed by atoms with Gasteiger partial charge in [-0.25, -0.2) is 4.98 Å². The number of rotatable bonds is 5. The zero-order valence-corrected chi connectivity index (χ0v) is 12.0. The van der Waals surface area contributed by atoms with Crippen LogP contribution >= 0.6 is 27.5 Å². The molecule has 0 aliphatic heterocycles. The van der Waals surface area contributed by atoms with E-state index in [2.05, 4.69) is 20.9 Å². The lowest BCUT2D eigenvalue weighted by atomic mass is 10.3. The standard InChI is InChI=1S/C11H16BrClN2O/c1-8-4-10(12)11(14-5-8)15(2)6-9(13)7-16-3/h4-5,9H,6-7H2,1-3H3. The van der Waals surface area contributed by atoms with Crippen LogP contribution in [0.3, 0.4) is 0 Å². The molecule has 0 N–H and O–H groups in total. The van der Waals surface area contributed by atoms with Crippen molar-refractivity contribution in [2.45, 2.75) is 12.3 Å². The summed E-state index contributed by atoms with van der Waals surface area (Å²) in [5, 5.41) is -0.0370. The third kappa shape index (κ3) is 3.92. The first-order valence-corrected chi connectivity index (χ1v) is 6.23. The van der Waals surface area contributed by atoms with Crippen LogP contribution in [0.5, 0.6) is 0 Å². The number of hydrogen-bond acceptors (Lipinski definition) is 3. The number of aryl methyl sites for hydroxylation is 1. The Balaban J connectivity index is 2.69. The van der Waals surface area contributed by atoms with E-state index in [4.69, 9.17) is 16.3 Å². The van der Waals surface area contributed by atoms with Crippen LogP contribution < -0.4 is 4.90 Å². The van der Waals surface area contributed by atoms with Crippen LogP contribution in [0.4, 0.5) is 5.82 Å². The maximum Gasteiger partial charge on any atom is 0.142 e. The second kappa shape index (κ2) is 6.42. The van der Waals surface area contributed by atoms with E-state index in [9.17, 15) is 0 Å². The highest BCUT2D eigenvalue weighted by atomic mass is 79.9. The van der Waals surface area contributed by atoms with Crippen LogP contribution in [0.2, 0.25) is 0 Å². The fraction of sp³-hybridized carbons (Fsp3) is 0.545. The highest BCUT2D eigenvalue weighted by molar-refractivity contribution is 9.10. The summed E-state index contributed by atoms with van der Waals surface area (Å²) in [5.74, 6) is 0.896. The smallest absolute Gasteiger partial charge is 0.142 e. The Kier molecular flexibility index (Phi) is 5.52. The van der Waals surface area contributed by atoms with E-state index < -0.39 is 0 Å². The Bertz CT molecular complexity index is 349. The van der Waals surface area contributed by atoms with Gasteiger partial charge in [-0.2, -0.15) is 0 Å². The summed E-state index contributed by atoms with van der Waals surface area (Å²) in [6.45, 7) is 3.25. The highest BCUT2D eigenvalue weighted by Crippen LogP contribution is 2.23. The molecule has 16 heavy (non-hydrogen) atoms. The predicted molar refractivity (Wildman–Crippen MR) is 71.5 cm³/mol. The molecule has 0 aromatic carbocycles. The molecule has 0 fully saturated rings. The molecule has 0 spiro atoms. The minimum Gasteiger partial charge on any atom is -0.383 e. The summed E-state index contributed by atoms with van der Waals surface area (Å²) < 4.78 is 5.98. The molecule has 1 rings (SSSR count). The van der Waals surface area contributed by atoms with Gasteiger partial charge in [0.15, 0.2) is 0 Å². The van der Waals surface area contributed by atoms with Gasteiger partial charge in [0.1, 0.15) is 5.82 Å². The molecule has 1 aromatic rings. The zero-order valence-electron chi connectivity index (χ0n) is 9.70. The maximum absolute atomic E-state index is 6.10. The third-order valence-corrected chi connectivity index (χ3v) is 2.99. The number of aromatic nitrogens is 1. The first-order valence-electron chi connectivity index (χ1n) is 5.01. The van der Waals surface area contributed by atoms with Crippen LogP contribution in [-0.2, 0) is 4.74 Å². The van der Waals surface area contributed by atoms with Gasteiger partial charge in [0.05, 0.1) is 16.5 Å². The Morgan fingerprint density at radius 2 is 2.31 bits per heavy atom. The summed E-state index contributed by atoms with van der Waals surface area (Å²) in [6, 6.07) is 2.04. The minimum atomic E-state index is -0.0370. The Hall–Kier alpha value is -0.320. The van der Waals surface area contributed by atoms with Crippen LogP contribution in [0.25, 0.3) is 0 Å². The number of nitrogens with zero attached hydrogens (tertiary/aromatic N) is 2. The van der Waals surface area contributed by atoms with Gasteiger partial charge in [-0.05, 0) is 34.5 Å². The number of ether oxygens (including phenoxy) is 1. The van der Waals surface area contributed by atoms with Crippen molar-refractivity contribution < 1.29 is 4.74 Å². The number of halogens is 2. The van der Waals surface area contributed by atoms with Gasteiger partial charge in [-0.3, -0.25) is 0 Å². The lowest BCUT2D eigenvalue weighted by Crippen LogP contribution is -2.29. The molecule has 0 aliphatic carbocycles. The number of alkyl halides is 1. The molecule has 1 heterocycles. The number of pyridine rings is 1. The van der Waals surface area contributed by atoms with Crippen molar-refractivity contribution in [3.05, 3.63) is 22.3 Å². The van der Waals surface area contributed by atoms with Crippen LogP contribution in [0, 0.1) is 6.92 Å². The van der Waals surface area contributed by atoms with Crippen LogP contribution in [0.1, 0.15) is 5.56 Å². The van der Waals surface area contributed by atoms with E-state index in [1.165, 1.54) is 0 Å². The SMILES string of the molecule is COCC(Cl)CN(C)c1ncc(C)cc1Br. The zero-order chi connectivity index (χ0) is 12.1. The molecule has 0 saturated carbocycles. The molecule has 1 atom stereocenters. The Morgan fingerprint density at radius 3 is 2.88 bits per heavy atom. The van der Waals surface area contributed by atoms with Crippen molar-refractivity contribution in [3.8, 4) is 0 Å². The molecule has 0 bridgehead atoms. The number of methoxy groups -OCH3 is 1. The van der Waals surface area contributed by atoms with Crippen molar-refractivity contribution in [3.63, 3.8) is 0 Å². The van der Waals surface area contributed by atoms with Gasteiger partial charge in [-0.15, -0.1) is 11.6 Å². The molecule has 90 valence electrons. The van der Waals surface area contributed by atoms with Crippen molar-refractivity contribution in [2.75, 3.05) is 32.2 Å². The van der Waals surface area contributed by atoms with E-state index in [1.807, 2.05) is 31.1 Å². The van der Waals surface area contributed by atoms with Gasteiger partial charge < -0.3 is 9.64 Å². The molecule has 0 amide bonds. The minimum absolute atomic E-state index is 0.0370. The average Bonchev–Trinajstić information content (AvgIpc) is 2.17. The topological polar surface area (TPSA) is 25.4 Å². The first kappa shape index (κ1) is 13.7. The summed E-state index contributed by atoms with van der Waals surface area (Å²) in [5.41, 5.74) is 1.13. The lowest BCUT2D eigenvalue weighted by molar-refractivity contribution is 0.199. The monoisotopic (exact) mass is 306 g/mol. The van der Waals surface area contributed by atoms with Crippen molar-refractivity contribution in [1.82, 2.24) is 4.98 Å². The molecule has 0 radical (unpaired) electrons. The van der Waals surface area contributed by atoms with Gasteiger partial charge in [-0.1, -0.05) is 0 Å². The van der Waals surface area contributed by atoms with E-state index in [0.717, 1.165) is 15.9 Å². The summed E-state index contributed by atoms with van der Waals surface area (Å²) >= 11 is 9.60. The van der Waals surface area contributed by atoms with Crippen LogP contribution in [0.15, 0.2) is 16.7 Å². The van der Waals surface area contributed by atoms with E-state index in [0.29, 0.717) is 13.2 Å². The number of anilines is 1. The largest absolute Gasteiger partial charge is 0.383 e. The molecule has 3 nitrogen and oxygen atoms in total. The van der Waals surface area contributed by atoms with E-state index in [1.54, 1.807) is 7.11 Å².